The van der Waals surface area contributed by atoms with Crippen molar-refractivity contribution in [1.29, 1.82) is 0 Å². The zero-order valence-electron chi connectivity index (χ0n) is 14.7. The van der Waals surface area contributed by atoms with Crippen LogP contribution in [0.1, 0.15) is 70.6 Å². The van der Waals surface area contributed by atoms with Gasteiger partial charge in [-0.2, -0.15) is 0 Å². The Morgan fingerprint density at radius 3 is 2.65 bits per heavy atom. The number of unbranched alkanes of at least 4 members (excludes halogenated alkanes) is 3. The van der Waals surface area contributed by atoms with E-state index in [0.29, 0.717) is 0 Å². The van der Waals surface area contributed by atoms with Gasteiger partial charge in [-0.05, 0) is 49.3 Å². The zero-order chi connectivity index (χ0) is 16.4. The first kappa shape index (κ1) is 16.3. The summed E-state index contributed by atoms with van der Waals surface area (Å²) in [6, 6.07) is 8.21. The van der Waals surface area contributed by atoms with Crippen LogP contribution in [0.2, 0.25) is 0 Å². The lowest BCUT2D eigenvalue weighted by atomic mass is 9.62. The maximum Gasteiger partial charge on any atom is 0.189 e. The van der Waals surface area contributed by atoms with Crippen LogP contribution in [0.5, 0.6) is 0 Å². The third kappa shape index (κ3) is 3.36. The summed E-state index contributed by atoms with van der Waals surface area (Å²) in [5.74, 6) is 0.768. The first-order valence-corrected chi connectivity index (χ1v) is 9.18. The van der Waals surface area contributed by atoms with Crippen LogP contribution in [0.4, 0.5) is 0 Å². The molecule has 0 amide bonds. The number of nitrogens with one attached hydrogen (secondary N) is 1. The van der Waals surface area contributed by atoms with E-state index in [9.17, 15) is 4.79 Å². The molecule has 1 aliphatic rings. The highest BCUT2D eigenvalue weighted by atomic mass is 16.1. The number of aromatic amines is 1. The Morgan fingerprint density at radius 2 is 1.96 bits per heavy atom. The van der Waals surface area contributed by atoms with Gasteiger partial charge in [0.05, 0.1) is 0 Å². The minimum atomic E-state index is 0.158. The maximum absolute atomic E-state index is 12.6. The highest BCUT2D eigenvalue weighted by Crippen LogP contribution is 2.46. The molecular weight excluding hydrogens is 282 g/mol. The number of aromatic nitrogens is 1. The molecule has 1 aromatic carbocycles. The predicted octanol–water partition coefficient (Wildman–Crippen LogP) is 5.34. The van der Waals surface area contributed by atoms with E-state index in [-0.39, 0.29) is 10.8 Å². The van der Waals surface area contributed by atoms with Crippen molar-refractivity contribution in [1.82, 2.24) is 4.98 Å². The average Bonchev–Trinajstić information content (AvgIpc) is 2.50. The summed E-state index contributed by atoms with van der Waals surface area (Å²) in [5, 5.41) is 0.845. The Labute approximate surface area is 139 Å². The van der Waals surface area contributed by atoms with Gasteiger partial charge in [0, 0.05) is 28.1 Å². The zero-order valence-corrected chi connectivity index (χ0v) is 14.7. The molecule has 0 atom stereocenters. The molecule has 2 heteroatoms. The summed E-state index contributed by atoms with van der Waals surface area (Å²) in [6.45, 7) is 6.79. The van der Waals surface area contributed by atoms with Gasteiger partial charge in [0.2, 0.25) is 0 Å². The van der Waals surface area contributed by atoms with Crippen LogP contribution in [0.15, 0.2) is 29.1 Å². The van der Waals surface area contributed by atoms with Gasteiger partial charge < -0.3 is 4.98 Å². The van der Waals surface area contributed by atoms with E-state index in [1.165, 1.54) is 44.1 Å². The number of benzene rings is 1. The smallest absolute Gasteiger partial charge is 0.189 e. The maximum atomic E-state index is 12.6. The van der Waals surface area contributed by atoms with Crippen molar-refractivity contribution >= 4 is 10.9 Å². The molecule has 1 fully saturated rings. The van der Waals surface area contributed by atoms with Crippen LogP contribution in [-0.2, 0) is 11.8 Å². The fourth-order valence-electron chi connectivity index (χ4n) is 4.23. The second-order valence-corrected chi connectivity index (χ2v) is 7.81. The fraction of sp³-hybridized carbons (Fsp3) is 0.571. The lowest BCUT2D eigenvalue weighted by Crippen LogP contribution is -2.38. The minimum Gasteiger partial charge on any atom is -0.358 e. The second kappa shape index (κ2) is 6.51. The molecule has 124 valence electrons. The molecule has 1 aromatic heterocycles. The largest absolute Gasteiger partial charge is 0.358 e. The molecule has 1 heterocycles. The average molecular weight is 311 g/mol. The topological polar surface area (TPSA) is 32.9 Å². The first-order valence-electron chi connectivity index (χ1n) is 9.18. The number of rotatable bonds is 6. The Kier molecular flexibility index (Phi) is 4.61. The molecule has 1 aliphatic carbocycles. The van der Waals surface area contributed by atoms with Crippen molar-refractivity contribution in [2.45, 2.75) is 71.1 Å². The number of aryl methyl sites for hydroxylation is 1. The Balaban J connectivity index is 1.84. The molecule has 0 saturated heterocycles. The Hall–Kier alpha value is -1.57. The van der Waals surface area contributed by atoms with E-state index in [1.54, 1.807) is 0 Å². The fourth-order valence-corrected chi connectivity index (χ4v) is 4.23. The van der Waals surface area contributed by atoms with Gasteiger partial charge in [-0.25, -0.2) is 0 Å². The van der Waals surface area contributed by atoms with Gasteiger partial charge >= 0.3 is 0 Å². The number of H-pyrrole nitrogens is 1. The molecule has 2 nitrogen and oxygen atoms in total. The van der Waals surface area contributed by atoms with Crippen molar-refractivity contribution in [2.75, 3.05) is 0 Å². The number of hydrogen-bond acceptors (Lipinski definition) is 1. The quantitative estimate of drug-likeness (QED) is 0.718. The summed E-state index contributed by atoms with van der Waals surface area (Å²) in [7, 11) is 0. The van der Waals surface area contributed by atoms with E-state index in [4.69, 9.17) is 0 Å². The molecule has 1 saturated carbocycles. The van der Waals surface area contributed by atoms with E-state index in [1.807, 2.05) is 6.07 Å². The molecule has 0 unspecified atom stereocenters. The monoisotopic (exact) mass is 311 g/mol. The van der Waals surface area contributed by atoms with Crippen molar-refractivity contribution < 1.29 is 0 Å². The summed E-state index contributed by atoms with van der Waals surface area (Å²) < 4.78 is 0. The normalized spacial score (nSPS) is 23.9. The molecule has 0 aliphatic heterocycles. The summed E-state index contributed by atoms with van der Waals surface area (Å²) in [5.41, 5.74) is 3.72. The first-order chi connectivity index (χ1) is 11.0. The van der Waals surface area contributed by atoms with E-state index in [2.05, 4.69) is 44.0 Å². The Morgan fingerprint density at radius 1 is 1.17 bits per heavy atom. The van der Waals surface area contributed by atoms with Gasteiger partial charge in [-0.15, -0.1) is 0 Å². The van der Waals surface area contributed by atoms with Crippen molar-refractivity contribution in [2.24, 2.45) is 5.92 Å². The van der Waals surface area contributed by atoms with Crippen LogP contribution in [0.3, 0.4) is 0 Å². The molecule has 1 N–H and O–H groups in total. The molecule has 0 bridgehead atoms. The molecule has 23 heavy (non-hydrogen) atoms. The molecule has 3 rings (SSSR count). The van der Waals surface area contributed by atoms with Gasteiger partial charge in [-0.1, -0.05) is 46.1 Å². The lowest BCUT2D eigenvalue weighted by Gasteiger charge is -2.43. The van der Waals surface area contributed by atoms with Crippen molar-refractivity contribution in [3.63, 3.8) is 0 Å². The van der Waals surface area contributed by atoms with Crippen molar-refractivity contribution in [3.05, 3.63) is 45.7 Å². The second-order valence-electron chi connectivity index (χ2n) is 7.81. The predicted molar refractivity (Wildman–Crippen MR) is 98.2 cm³/mol. The summed E-state index contributed by atoms with van der Waals surface area (Å²) in [6.07, 6.45) is 8.47. The highest BCUT2D eigenvalue weighted by Gasteiger charge is 2.40. The SMILES string of the molecule is CCCCCCc1ccc2[nH]c(C3(C)CC(C)C3)cc(=O)c2c1. The summed E-state index contributed by atoms with van der Waals surface area (Å²) >= 11 is 0. The third-order valence-electron chi connectivity index (χ3n) is 5.46. The van der Waals surface area contributed by atoms with Crippen LogP contribution in [-0.4, -0.2) is 4.98 Å². The van der Waals surface area contributed by atoms with Gasteiger partial charge in [-0.3, -0.25) is 4.79 Å². The van der Waals surface area contributed by atoms with E-state index in [0.717, 1.165) is 28.9 Å². The Bertz CT molecular complexity index is 737. The number of fused-ring (bicyclic) bond motifs is 1. The lowest BCUT2D eigenvalue weighted by molar-refractivity contribution is 0.173. The molecule has 2 aromatic rings. The van der Waals surface area contributed by atoms with Gasteiger partial charge in [0.25, 0.3) is 0 Å². The molecular formula is C21H29NO. The van der Waals surface area contributed by atoms with Crippen LogP contribution < -0.4 is 5.43 Å². The minimum absolute atomic E-state index is 0.158. The highest BCUT2D eigenvalue weighted by molar-refractivity contribution is 5.79. The van der Waals surface area contributed by atoms with Crippen LogP contribution in [0, 0.1) is 5.92 Å². The molecule has 0 radical (unpaired) electrons. The van der Waals surface area contributed by atoms with E-state index < -0.39 is 0 Å². The van der Waals surface area contributed by atoms with Crippen LogP contribution in [0.25, 0.3) is 10.9 Å². The number of pyridine rings is 1. The van der Waals surface area contributed by atoms with Crippen LogP contribution >= 0.6 is 0 Å². The molecule has 0 spiro atoms. The van der Waals surface area contributed by atoms with Crippen molar-refractivity contribution in [3.8, 4) is 0 Å². The van der Waals surface area contributed by atoms with Gasteiger partial charge in [0.1, 0.15) is 0 Å². The standard InChI is InChI=1S/C21H29NO/c1-4-5-6-7-8-16-9-10-18-17(11-16)19(23)12-20(22-18)21(3)13-15(2)14-21/h9-12,15H,4-8,13-14H2,1-3H3,(H,22,23). The van der Waals surface area contributed by atoms with Gasteiger partial charge in [0.15, 0.2) is 5.43 Å². The van der Waals surface area contributed by atoms with E-state index >= 15 is 0 Å². The summed E-state index contributed by atoms with van der Waals surface area (Å²) in [4.78, 5) is 16.1. The third-order valence-corrected chi connectivity index (χ3v) is 5.46. The number of hydrogen-bond donors (Lipinski definition) is 1.